The van der Waals surface area contributed by atoms with E-state index in [0.717, 1.165) is 17.9 Å². The highest BCUT2D eigenvalue weighted by Gasteiger charge is 2.13. The molecule has 0 heterocycles. The summed E-state index contributed by atoms with van der Waals surface area (Å²) in [6.45, 7) is 7.04. The van der Waals surface area contributed by atoms with Crippen molar-refractivity contribution >= 4 is 34.7 Å². The Morgan fingerprint density at radius 3 is 2.38 bits per heavy atom. The first-order chi connectivity index (χ1) is 11.6. The van der Waals surface area contributed by atoms with Crippen molar-refractivity contribution in [2.45, 2.75) is 20.8 Å². The number of esters is 1. The molecule has 0 saturated carbocycles. The molecule has 0 aliphatic rings. The second kappa shape index (κ2) is 8.45. The van der Waals surface area contributed by atoms with Gasteiger partial charge in [0.05, 0.1) is 12.2 Å². The molecule has 0 fully saturated rings. The van der Waals surface area contributed by atoms with Crippen LogP contribution in [0.1, 0.15) is 29.8 Å². The van der Waals surface area contributed by atoms with Gasteiger partial charge in [0.2, 0.25) is 0 Å². The van der Waals surface area contributed by atoms with Gasteiger partial charge in [-0.05, 0) is 68.9 Å². The summed E-state index contributed by atoms with van der Waals surface area (Å²) in [6.07, 6.45) is 0. The van der Waals surface area contributed by atoms with Crippen molar-refractivity contribution in [3.8, 4) is 0 Å². The zero-order valence-electron chi connectivity index (χ0n) is 14.2. The van der Waals surface area contributed by atoms with Gasteiger partial charge in [0.1, 0.15) is 0 Å². The van der Waals surface area contributed by atoms with E-state index in [4.69, 9.17) is 17.0 Å². The Hall–Kier alpha value is -2.40. The van der Waals surface area contributed by atoms with Gasteiger partial charge in [-0.2, -0.15) is 0 Å². The number of benzene rings is 2. The minimum atomic E-state index is -0.318. The lowest BCUT2D eigenvalue weighted by Gasteiger charge is -2.26. The third-order valence-electron chi connectivity index (χ3n) is 3.61. The molecule has 0 unspecified atom stereocenters. The van der Waals surface area contributed by atoms with Crippen LogP contribution >= 0.6 is 12.2 Å². The molecule has 2 rings (SSSR count). The minimum Gasteiger partial charge on any atom is -0.462 e. The fourth-order valence-corrected chi connectivity index (χ4v) is 2.73. The van der Waals surface area contributed by atoms with Crippen LogP contribution in [0.4, 0.5) is 11.4 Å². The van der Waals surface area contributed by atoms with E-state index in [1.54, 1.807) is 19.1 Å². The van der Waals surface area contributed by atoms with Crippen molar-refractivity contribution < 1.29 is 9.53 Å². The van der Waals surface area contributed by atoms with Gasteiger partial charge in [0.15, 0.2) is 5.11 Å². The highest BCUT2D eigenvalue weighted by atomic mass is 32.1. The normalized spacial score (nSPS) is 10.1. The zero-order chi connectivity index (χ0) is 17.5. The number of rotatable bonds is 5. The quantitative estimate of drug-likeness (QED) is 0.644. The van der Waals surface area contributed by atoms with E-state index >= 15 is 0 Å². The lowest BCUT2D eigenvalue weighted by atomic mass is 10.2. The first-order valence-corrected chi connectivity index (χ1v) is 8.39. The van der Waals surface area contributed by atoms with Crippen molar-refractivity contribution in [2.75, 3.05) is 23.4 Å². The van der Waals surface area contributed by atoms with Gasteiger partial charge in [-0.15, -0.1) is 0 Å². The van der Waals surface area contributed by atoms with Crippen LogP contribution in [0.15, 0.2) is 48.5 Å². The molecule has 0 saturated heterocycles. The molecule has 0 atom stereocenters. The maximum absolute atomic E-state index is 11.7. The van der Waals surface area contributed by atoms with Crippen LogP contribution in [0, 0.1) is 6.92 Å². The number of ether oxygens (including phenoxy) is 1. The molecule has 0 radical (unpaired) electrons. The summed E-state index contributed by atoms with van der Waals surface area (Å²) in [5, 5.41) is 3.84. The summed E-state index contributed by atoms with van der Waals surface area (Å²) < 4.78 is 4.98. The molecule has 0 amide bonds. The number of hydrogen-bond donors (Lipinski definition) is 1. The number of para-hydroxylation sites is 1. The average molecular weight is 342 g/mol. The molecule has 1 N–H and O–H groups in total. The lowest BCUT2D eigenvalue weighted by Crippen LogP contribution is -2.35. The number of nitrogens with one attached hydrogen (secondary N) is 1. The Kier molecular flexibility index (Phi) is 6.32. The Morgan fingerprint density at radius 1 is 1.12 bits per heavy atom. The van der Waals surface area contributed by atoms with Gasteiger partial charge in [-0.1, -0.05) is 18.2 Å². The molecule has 0 bridgehead atoms. The van der Waals surface area contributed by atoms with E-state index in [1.165, 1.54) is 5.56 Å². The molecule has 0 aromatic heterocycles. The fraction of sp³-hybridized carbons (Fsp3) is 0.263. The van der Waals surface area contributed by atoms with Gasteiger partial charge in [0.25, 0.3) is 0 Å². The molecule has 0 spiro atoms. The van der Waals surface area contributed by atoms with Crippen molar-refractivity contribution in [3.63, 3.8) is 0 Å². The molecule has 2 aromatic rings. The monoisotopic (exact) mass is 342 g/mol. The first kappa shape index (κ1) is 17.9. The molecule has 5 heteroatoms. The zero-order valence-corrected chi connectivity index (χ0v) is 15.0. The summed E-state index contributed by atoms with van der Waals surface area (Å²) in [7, 11) is 0. The molecule has 2 aromatic carbocycles. The number of aryl methyl sites for hydroxylation is 1. The van der Waals surface area contributed by atoms with Crippen LogP contribution in [0.3, 0.4) is 0 Å². The summed E-state index contributed by atoms with van der Waals surface area (Å²) in [6, 6.07) is 15.2. The van der Waals surface area contributed by atoms with Crippen LogP contribution in [0.25, 0.3) is 0 Å². The largest absolute Gasteiger partial charge is 0.462 e. The van der Waals surface area contributed by atoms with Crippen molar-refractivity contribution in [2.24, 2.45) is 0 Å². The fourth-order valence-electron chi connectivity index (χ4n) is 2.38. The van der Waals surface area contributed by atoms with E-state index in [-0.39, 0.29) is 5.97 Å². The van der Waals surface area contributed by atoms with E-state index in [9.17, 15) is 4.79 Å². The second-order valence-electron chi connectivity index (χ2n) is 5.26. The third-order valence-corrected chi connectivity index (χ3v) is 3.94. The highest BCUT2D eigenvalue weighted by molar-refractivity contribution is 7.80. The minimum absolute atomic E-state index is 0.318. The third kappa shape index (κ3) is 4.32. The van der Waals surface area contributed by atoms with Crippen LogP contribution in [-0.4, -0.2) is 24.2 Å². The number of carbonyl (C=O) groups excluding carboxylic acids is 1. The predicted molar refractivity (Wildman–Crippen MR) is 103 cm³/mol. The molecule has 0 aliphatic heterocycles. The number of anilines is 2. The SMILES string of the molecule is CCOC(=O)c1ccc(NC(=S)N(CC)c2ccccc2C)cc1. The van der Waals surface area contributed by atoms with E-state index in [2.05, 4.69) is 31.3 Å². The molecule has 0 aliphatic carbocycles. The van der Waals surface area contributed by atoms with Gasteiger partial charge in [0, 0.05) is 17.9 Å². The smallest absolute Gasteiger partial charge is 0.338 e. The van der Waals surface area contributed by atoms with Gasteiger partial charge in [-0.25, -0.2) is 4.79 Å². The topological polar surface area (TPSA) is 41.6 Å². The van der Waals surface area contributed by atoms with Crippen molar-refractivity contribution in [1.82, 2.24) is 0 Å². The molecule has 4 nitrogen and oxygen atoms in total. The molecule has 24 heavy (non-hydrogen) atoms. The average Bonchev–Trinajstić information content (AvgIpc) is 2.58. The number of thiocarbonyl (C=S) groups is 1. The van der Waals surface area contributed by atoms with E-state index < -0.39 is 0 Å². The Balaban J connectivity index is 2.10. The summed E-state index contributed by atoms with van der Waals surface area (Å²) in [5.41, 5.74) is 3.61. The highest BCUT2D eigenvalue weighted by Crippen LogP contribution is 2.21. The van der Waals surface area contributed by atoms with Crippen LogP contribution in [0.5, 0.6) is 0 Å². The van der Waals surface area contributed by atoms with Gasteiger partial charge in [-0.3, -0.25) is 0 Å². The Morgan fingerprint density at radius 2 is 1.79 bits per heavy atom. The Bertz CT molecular complexity index is 714. The first-order valence-electron chi connectivity index (χ1n) is 7.98. The van der Waals surface area contributed by atoms with Crippen molar-refractivity contribution in [1.29, 1.82) is 0 Å². The van der Waals surface area contributed by atoms with Gasteiger partial charge >= 0.3 is 5.97 Å². The Labute approximate surface area is 148 Å². The molecular formula is C19H22N2O2S. The van der Waals surface area contributed by atoms with E-state index in [0.29, 0.717) is 17.3 Å². The number of hydrogen-bond acceptors (Lipinski definition) is 3. The van der Waals surface area contributed by atoms with E-state index in [1.807, 2.05) is 29.2 Å². The van der Waals surface area contributed by atoms with Crippen LogP contribution < -0.4 is 10.2 Å². The van der Waals surface area contributed by atoms with Crippen molar-refractivity contribution in [3.05, 3.63) is 59.7 Å². The maximum atomic E-state index is 11.7. The van der Waals surface area contributed by atoms with Crippen LogP contribution in [-0.2, 0) is 4.74 Å². The summed E-state index contributed by atoms with van der Waals surface area (Å²) in [4.78, 5) is 13.7. The predicted octanol–water partition coefficient (Wildman–Crippen LogP) is 4.40. The van der Waals surface area contributed by atoms with Crippen LogP contribution in [0.2, 0.25) is 0 Å². The summed E-state index contributed by atoms with van der Waals surface area (Å²) in [5.74, 6) is -0.318. The molecule has 126 valence electrons. The number of nitrogens with zero attached hydrogens (tertiary/aromatic N) is 1. The number of carbonyl (C=O) groups is 1. The second-order valence-corrected chi connectivity index (χ2v) is 5.65. The standard InChI is InChI=1S/C19H22N2O2S/c1-4-21(17-9-7-6-8-14(17)3)19(24)20-16-12-10-15(11-13-16)18(22)23-5-2/h6-13H,4-5H2,1-3H3,(H,20,24). The maximum Gasteiger partial charge on any atom is 0.338 e. The van der Waals surface area contributed by atoms with Gasteiger partial charge < -0.3 is 15.0 Å². The summed E-state index contributed by atoms with van der Waals surface area (Å²) >= 11 is 5.55. The lowest BCUT2D eigenvalue weighted by molar-refractivity contribution is 0.0526. The molecular weight excluding hydrogens is 320 g/mol.